The van der Waals surface area contributed by atoms with E-state index in [-0.39, 0.29) is 0 Å². The van der Waals surface area contributed by atoms with Crippen LogP contribution < -0.4 is 5.32 Å². The van der Waals surface area contributed by atoms with E-state index < -0.39 is 0 Å². The van der Waals surface area contributed by atoms with Crippen molar-refractivity contribution in [1.82, 2.24) is 0 Å². The Bertz CT molecular complexity index is 1540. The molecular weight excluding hydrogens is 414 g/mol. The Hall–Kier alpha value is -4.16. The Morgan fingerprint density at radius 3 is 2.26 bits per heavy atom. The molecule has 4 aromatic carbocycles. The van der Waals surface area contributed by atoms with E-state index in [2.05, 4.69) is 78.1 Å². The topological polar surface area (TPSA) is 48.2 Å². The summed E-state index contributed by atoms with van der Waals surface area (Å²) < 4.78 is 0. The zero-order valence-corrected chi connectivity index (χ0v) is 19.0. The molecule has 4 aromatic rings. The Balaban J connectivity index is 1.40. The van der Waals surface area contributed by atoms with Gasteiger partial charge in [-0.3, -0.25) is 4.99 Å². The average molecular weight is 440 g/mol. The lowest BCUT2D eigenvalue weighted by Gasteiger charge is -2.30. The van der Waals surface area contributed by atoms with Crippen LogP contribution in [0.25, 0.3) is 21.5 Å². The van der Waals surface area contributed by atoms with E-state index in [4.69, 9.17) is 4.99 Å². The van der Waals surface area contributed by atoms with Crippen molar-refractivity contribution in [3.8, 4) is 6.07 Å². The SMILES string of the molecule is N#CC1=C2C=C(Nc3cccc4ccccc34)CCC2CC/C1=N\c1cccc2ccccc12. The zero-order chi connectivity index (χ0) is 22.9. The van der Waals surface area contributed by atoms with Crippen LogP contribution >= 0.6 is 0 Å². The highest BCUT2D eigenvalue weighted by Gasteiger charge is 2.29. The van der Waals surface area contributed by atoms with E-state index in [9.17, 15) is 5.26 Å². The average Bonchev–Trinajstić information content (AvgIpc) is 2.89. The molecule has 34 heavy (non-hydrogen) atoms. The number of benzene rings is 4. The van der Waals surface area contributed by atoms with Crippen LogP contribution in [0.5, 0.6) is 0 Å². The first kappa shape index (κ1) is 20.4. The van der Waals surface area contributed by atoms with Crippen molar-refractivity contribution in [2.75, 3.05) is 5.32 Å². The Morgan fingerprint density at radius 2 is 1.44 bits per heavy atom. The van der Waals surface area contributed by atoms with Crippen molar-refractivity contribution in [3.05, 3.63) is 108 Å². The number of rotatable bonds is 3. The largest absolute Gasteiger partial charge is 0.358 e. The number of hydrogen-bond donors (Lipinski definition) is 1. The molecule has 6 rings (SSSR count). The number of hydrogen-bond acceptors (Lipinski definition) is 3. The van der Waals surface area contributed by atoms with Crippen molar-refractivity contribution in [2.45, 2.75) is 25.7 Å². The van der Waals surface area contributed by atoms with Gasteiger partial charge >= 0.3 is 0 Å². The van der Waals surface area contributed by atoms with Crippen molar-refractivity contribution in [1.29, 1.82) is 5.26 Å². The highest BCUT2D eigenvalue weighted by atomic mass is 14.9. The highest BCUT2D eigenvalue weighted by molar-refractivity contribution is 6.08. The summed E-state index contributed by atoms with van der Waals surface area (Å²) in [6, 6.07) is 31.8. The van der Waals surface area contributed by atoms with Gasteiger partial charge in [-0.15, -0.1) is 0 Å². The molecule has 1 atom stereocenters. The fourth-order valence-corrected chi connectivity index (χ4v) is 5.34. The standard InChI is InChI=1S/C31H25N3/c32-20-28-27-19-24(33-29-13-5-9-21-7-1-3-11-25(21)29)17-15-23(27)16-18-31(28)34-30-14-6-10-22-8-2-4-12-26(22)30/h1-14,19,23,33H,15-18H2/b34-31+. The van der Waals surface area contributed by atoms with E-state index in [0.29, 0.717) is 5.92 Å². The van der Waals surface area contributed by atoms with Gasteiger partial charge in [0.15, 0.2) is 0 Å². The van der Waals surface area contributed by atoms with Crippen LogP contribution in [0.2, 0.25) is 0 Å². The molecule has 2 aliphatic carbocycles. The van der Waals surface area contributed by atoms with Gasteiger partial charge in [0.2, 0.25) is 0 Å². The first-order chi connectivity index (χ1) is 16.8. The normalized spacial score (nSPS) is 19.1. The maximum atomic E-state index is 10.2. The van der Waals surface area contributed by atoms with E-state index in [1.165, 1.54) is 21.9 Å². The summed E-state index contributed by atoms with van der Waals surface area (Å²) in [5.41, 5.74) is 6.02. The van der Waals surface area contributed by atoms with Crippen molar-refractivity contribution < 1.29 is 0 Å². The quantitative estimate of drug-likeness (QED) is 0.351. The van der Waals surface area contributed by atoms with Crippen LogP contribution in [-0.2, 0) is 0 Å². The first-order valence-corrected chi connectivity index (χ1v) is 12.0. The third-order valence-electron chi connectivity index (χ3n) is 7.06. The second-order valence-electron chi connectivity index (χ2n) is 9.09. The van der Waals surface area contributed by atoms with Gasteiger partial charge < -0.3 is 5.32 Å². The van der Waals surface area contributed by atoms with Gasteiger partial charge in [0.1, 0.15) is 6.07 Å². The molecule has 0 aliphatic heterocycles. The zero-order valence-electron chi connectivity index (χ0n) is 19.0. The number of nitrogens with one attached hydrogen (secondary N) is 1. The fourth-order valence-electron chi connectivity index (χ4n) is 5.34. The summed E-state index contributed by atoms with van der Waals surface area (Å²) in [6.45, 7) is 0. The summed E-state index contributed by atoms with van der Waals surface area (Å²) in [6.07, 6.45) is 6.16. The molecule has 0 saturated heterocycles. The van der Waals surface area contributed by atoms with E-state index in [0.717, 1.165) is 59.3 Å². The Kier molecular flexibility index (Phi) is 5.20. The van der Waals surface area contributed by atoms with Gasteiger partial charge in [-0.2, -0.15) is 5.26 Å². The van der Waals surface area contributed by atoms with Gasteiger partial charge in [0, 0.05) is 22.2 Å². The predicted molar refractivity (Wildman–Crippen MR) is 141 cm³/mol. The maximum absolute atomic E-state index is 10.2. The maximum Gasteiger partial charge on any atom is 0.101 e. The highest BCUT2D eigenvalue weighted by Crippen LogP contribution is 2.39. The minimum atomic E-state index is 0.430. The molecule has 0 radical (unpaired) electrons. The van der Waals surface area contributed by atoms with Crippen LogP contribution in [0.15, 0.2) is 113 Å². The molecule has 0 amide bonds. The van der Waals surface area contributed by atoms with Crippen molar-refractivity contribution in [2.24, 2.45) is 10.9 Å². The Morgan fingerprint density at radius 1 is 0.765 bits per heavy atom. The van der Waals surface area contributed by atoms with Crippen LogP contribution in [0.4, 0.5) is 11.4 Å². The lowest BCUT2D eigenvalue weighted by Crippen LogP contribution is -2.22. The number of nitriles is 1. The molecule has 1 unspecified atom stereocenters. The van der Waals surface area contributed by atoms with E-state index in [1.54, 1.807) is 0 Å². The molecule has 0 heterocycles. The molecule has 0 saturated carbocycles. The second kappa shape index (κ2) is 8.65. The molecule has 0 aromatic heterocycles. The third kappa shape index (κ3) is 3.68. The number of nitrogens with zero attached hydrogens (tertiary/aromatic N) is 2. The molecular formula is C31H25N3. The fraction of sp³-hybridized carbons (Fsp3) is 0.161. The molecule has 0 fully saturated rings. The molecule has 2 aliphatic rings. The molecule has 1 N–H and O–H groups in total. The van der Waals surface area contributed by atoms with Gasteiger partial charge in [0.05, 0.1) is 17.0 Å². The summed E-state index contributed by atoms with van der Waals surface area (Å²) in [7, 11) is 0. The summed E-state index contributed by atoms with van der Waals surface area (Å²) >= 11 is 0. The molecule has 0 bridgehead atoms. The van der Waals surface area contributed by atoms with Crippen LogP contribution in [-0.4, -0.2) is 5.71 Å². The molecule has 0 spiro atoms. The second-order valence-corrected chi connectivity index (χ2v) is 9.09. The number of aliphatic imine (C=N–C) groups is 1. The van der Waals surface area contributed by atoms with Gasteiger partial charge in [-0.25, -0.2) is 0 Å². The predicted octanol–water partition coefficient (Wildman–Crippen LogP) is 8.09. The van der Waals surface area contributed by atoms with Gasteiger partial charge in [-0.05, 0) is 66.2 Å². The van der Waals surface area contributed by atoms with E-state index >= 15 is 0 Å². The van der Waals surface area contributed by atoms with Crippen molar-refractivity contribution in [3.63, 3.8) is 0 Å². The minimum Gasteiger partial charge on any atom is -0.358 e. The van der Waals surface area contributed by atoms with Crippen molar-refractivity contribution >= 4 is 38.6 Å². The molecule has 3 nitrogen and oxygen atoms in total. The molecule has 164 valence electrons. The van der Waals surface area contributed by atoms with Gasteiger partial charge in [-0.1, -0.05) is 72.8 Å². The summed E-state index contributed by atoms with van der Waals surface area (Å²) in [5.74, 6) is 0.430. The molecule has 3 heteroatoms. The van der Waals surface area contributed by atoms with Crippen LogP contribution in [0.3, 0.4) is 0 Å². The van der Waals surface area contributed by atoms with Crippen LogP contribution in [0, 0.1) is 17.2 Å². The van der Waals surface area contributed by atoms with Crippen LogP contribution in [0.1, 0.15) is 25.7 Å². The lowest BCUT2D eigenvalue weighted by atomic mass is 9.76. The lowest BCUT2D eigenvalue weighted by molar-refractivity contribution is 0.512. The third-order valence-corrected chi connectivity index (χ3v) is 7.06. The summed E-state index contributed by atoms with van der Waals surface area (Å²) in [5, 5.41) is 18.6. The van der Waals surface area contributed by atoms with Gasteiger partial charge in [0.25, 0.3) is 0 Å². The number of allylic oxidation sites excluding steroid dienone is 4. The number of fused-ring (bicyclic) bond motifs is 3. The minimum absolute atomic E-state index is 0.430. The monoisotopic (exact) mass is 439 g/mol. The first-order valence-electron chi connectivity index (χ1n) is 12.0. The van der Waals surface area contributed by atoms with E-state index in [1.807, 2.05) is 24.3 Å². The number of anilines is 1. The smallest absolute Gasteiger partial charge is 0.101 e. The Labute approximate surface area is 199 Å². The summed E-state index contributed by atoms with van der Waals surface area (Å²) in [4.78, 5) is 5.03.